The van der Waals surface area contributed by atoms with Gasteiger partial charge in [-0.1, -0.05) is 35.1 Å². The van der Waals surface area contributed by atoms with Gasteiger partial charge in [0.2, 0.25) is 10.1 Å². The molecule has 0 aliphatic rings. The van der Waals surface area contributed by atoms with E-state index in [2.05, 4.69) is 21.5 Å². The normalized spacial score (nSPS) is 11.3. The Kier molecular flexibility index (Phi) is 3.51. The van der Waals surface area contributed by atoms with Crippen LogP contribution in [0, 0.1) is 13.8 Å². The van der Waals surface area contributed by atoms with E-state index >= 15 is 0 Å². The molecule has 4 rings (SSSR count). The summed E-state index contributed by atoms with van der Waals surface area (Å²) in [4.78, 5) is 17.6. The monoisotopic (exact) mass is 356 g/mol. The van der Waals surface area contributed by atoms with Gasteiger partial charge in [-0.3, -0.25) is 4.79 Å². The van der Waals surface area contributed by atoms with Crippen molar-refractivity contribution in [1.29, 1.82) is 0 Å². The molecule has 4 aromatic rings. The van der Waals surface area contributed by atoms with E-state index in [0.717, 1.165) is 16.8 Å². The first-order chi connectivity index (χ1) is 11.5. The zero-order valence-corrected chi connectivity index (χ0v) is 14.6. The molecule has 120 valence electrons. The minimum absolute atomic E-state index is 0.197. The first kappa shape index (κ1) is 15.1. The molecule has 0 saturated carbocycles. The van der Waals surface area contributed by atoms with E-state index in [4.69, 9.17) is 11.6 Å². The average molecular weight is 357 g/mol. The molecular weight excluding hydrogens is 344 g/mol. The zero-order valence-electron chi connectivity index (χ0n) is 13.0. The predicted molar refractivity (Wildman–Crippen MR) is 98.8 cm³/mol. The van der Waals surface area contributed by atoms with Crippen LogP contribution in [0.1, 0.15) is 11.1 Å². The summed E-state index contributed by atoms with van der Waals surface area (Å²) < 4.78 is 1.33. The standard InChI is InChI=1S/C17H13ClN4OS/c1-9-3-4-10(2)13(7-9)19-16-21-22-15(23)12-6-5-11(18)8-14(12)20-17(22)24-16/h3-8H,1-2H3,(H,19,21). The zero-order chi connectivity index (χ0) is 16.8. The van der Waals surface area contributed by atoms with Crippen molar-refractivity contribution in [2.24, 2.45) is 0 Å². The Balaban J connectivity index is 1.86. The van der Waals surface area contributed by atoms with Gasteiger partial charge in [0.1, 0.15) is 0 Å². The summed E-state index contributed by atoms with van der Waals surface area (Å²) in [6, 6.07) is 11.2. The highest BCUT2D eigenvalue weighted by Gasteiger charge is 2.12. The number of nitrogens with one attached hydrogen (secondary N) is 1. The smallest absolute Gasteiger partial charge is 0.283 e. The van der Waals surface area contributed by atoms with Crippen LogP contribution < -0.4 is 10.9 Å². The van der Waals surface area contributed by atoms with Crippen LogP contribution in [0.15, 0.2) is 41.2 Å². The van der Waals surface area contributed by atoms with Crippen molar-refractivity contribution < 1.29 is 0 Å². The van der Waals surface area contributed by atoms with Crippen LogP contribution in [-0.2, 0) is 0 Å². The highest BCUT2D eigenvalue weighted by atomic mass is 35.5. The SMILES string of the molecule is Cc1ccc(C)c(Nc2nn3c(=O)c4ccc(Cl)cc4nc3s2)c1. The maximum absolute atomic E-state index is 12.6. The van der Waals surface area contributed by atoms with Gasteiger partial charge in [-0.25, -0.2) is 4.98 Å². The third kappa shape index (κ3) is 2.53. The summed E-state index contributed by atoms with van der Waals surface area (Å²) in [6.07, 6.45) is 0. The van der Waals surface area contributed by atoms with Gasteiger partial charge < -0.3 is 5.32 Å². The quantitative estimate of drug-likeness (QED) is 0.581. The maximum atomic E-state index is 12.6. The van der Waals surface area contributed by atoms with Crippen LogP contribution in [0.5, 0.6) is 0 Å². The second kappa shape index (κ2) is 5.58. The van der Waals surface area contributed by atoms with Crippen molar-refractivity contribution in [2.75, 3.05) is 5.32 Å². The second-order valence-electron chi connectivity index (χ2n) is 5.62. The molecule has 0 atom stereocenters. The molecule has 24 heavy (non-hydrogen) atoms. The van der Waals surface area contributed by atoms with Gasteiger partial charge in [-0.15, -0.1) is 5.10 Å². The van der Waals surface area contributed by atoms with Crippen LogP contribution in [0.25, 0.3) is 15.9 Å². The lowest BCUT2D eigenvalue weighted by Crippen LogP contribution is -2.15. The number of halogens is 1. The molecule has 0 saturated heterocycles. The minimum Gasteiger partial charge on any atom is -0.330 e. The molecule has 0 fully saturated rings. The molecule has 2 heterocycles. The largest absolute Gasteiger partial charge is 0.330 e. The Morgan fingerprint density at radius 1 is 1.17 bits per heavy atom. The van der Waals surface area contributed by atoms with Crippen LogP contribution in [-0.4, -0.2) is 14.6 Å². The summed E-state index contributed by atoms with van der Waals surface area (Å²) >= 11 is 7.32. The lowest BCUT2D eigenvalue weighted by atomic mass is 10.1. The summed E-state index contributed by atoms with van der Waals surface area (Å²) in [6.45, 7) is 4.06. The number of aromatic nitrogens is 3. The number of anilines is 2. The van der Waals surface area contributed by atoms with Crippen LogP contribution in [0.4, 0.5) is 10.8 Å². The molecule has 0 aliphatic heterocycles. The van der Waals surface area contributed by atoms with Gasteiger partial charge in [-0.2, -0.15) is 4.52 Å². The molecule has 2 aromatic carbocycles. The van der Waals surface area contributed by atoms with E-state index in [1.807, 2.05) is 26.0 Å². The Labute approximate surface area is 146 Å². The fourth-order valence-corrected chi connectivity index (χ4v) is 3.49. The Morgan fingerprint density at radius 2 is 2.00 bits per heavy atom. The number of fused-ring (bicyclic) bond motifs is 2. The maximum Gasteiger partial charge on any atom is 0.283 e. The van der Waals surface area contributed by atoms with E-state index in [0.29, 0.717) is 26.0 Å². The van der Waals surface area contributed by atoms with Gasteiger partial charge >= 0.3 is 0 Å². The summed E-state index contributed by atoms with van der Waals surface area (Å²) in [5.41, 5.74) is 3.61. The Bertz CT molecular complexity index is 1150. The summed E-state index contributed by atoms with van der Waals surface area (Å²) in [5, 5.41) is 9.32. The molecule has 7 heteroatoms. The van der Waals surface area contributed by atoms with Gasteiger partial charge in [0.25, 0.3) is 5.56 Å². The summed E-state index contributed by atoms with van der Waals surface area (Å²) in [5.74, 6) is 0. The summed E-state index contributed by atoms with van der Waals surface area (Å²) in [7, 11) is 0. The lowest BCUT2D eigenvalue weighted by molar-refractivity contribution is 0.919. The van der Waals surface area contributed by atoms with Gasteiger partial charge in [0.05, 0.1) is 10.9 Å². The first-order valence-corrected chi connectivity index (χ1v) is 8.54. The van der Waals surface area contributed by atoms with Crippen molar-refractivity contribution in [3.63, 3.8) is 0 Å². The predicted octanol–water partition coefficient (Wildman–Crippen LogP) is 4.32. The number of benzene rings is 2. The lowest BCUT2D eigenvalue weighted by Gasteiger charge is -2.06. The van der Waals surface area contributed by atoms with Crippen LogP contribution in [0.3, 0.4) is 0 Å². The van der Waals surface area contributed by atoms with Gasteiger partial charge in [0, 0.05) is 10.7 Å². The molecule has 2 aromatic heterocycles. The molecule has 0 amide bonds. The first-order valence-electron chi connectivity index (χ1n) is 7.35. The van der Waals surface area contributed by atoms with Crippen LogP contribution in [0.2, 0.25) is 5.02 Å². The third-order valence-corrected chi connectivity index (χ3v) is 4.85. The Morgan fingerprint density at radius 3 is 2.83 bits per heavy atom. The average Bonchev–Trinajstić information content (AvgIpc) is 2.93. The van der Waals surface area contributed by atoms with E-state index < -0.39 is 0 Å². The number of aryl methyl sites for hydroxylation is 2. The van der Waals surface area contributed by atoms with Gasteiger partial charge in [0.15, 0.2) is 0 Å². The molecule has 0 aliphatic carbocycles. The molecule has 0 bridgehead atoms. The number of hydrogen-bond acceptors (Lipinski definition) is 5. The number of nitrogens with zero attached hydrogens (tertiary/aromatic N) is 3. The minimum atomic E-state index is -0.197. The van der Waals surface area contributed by atoms with Crippen LogP contribution >= 0.6 is 22.9 Å². The second-order valence-corrected chi connectivity index (χ2v) is 7.02. The highest BCUT2D eigenvalue weighted by Crippen LogP contribution is 2.26. The molecule has 1 N–H and O–H groups in total. The topological polar surface area (TPSA) is 59.3 Å². The number of hydrogen-bond donors (Lipinski definition) is 1. The van der Waals surface area contributed by atoms with E-state index in [1.54, 1.807) is 18.2 Å². The van der Waals surface area contributed by atoms with Crippen molar-refractivity contribution in [1.82, 2.24) is 14.6 Å². The molecular formula is C17H13ClN4OS. The van der Waals surface area contributed by atoms with Crippen molar-refractivity contribution in [3.05, 3.63) is 62.9 Å². The Hall–Kier alpha value is -2.44. The van der Waals surface area contributed by atoms with Crippen molar-refractivity contribution in [3.8, 4) is 0 Å². The highest BCUT2D eigenvalue weighted by molar-refractivity contribution is 7.20. The molecule has 0 radical (unpaired) electrons. The fraction of sp³-hybridized carbons (Fsp3) is 0.118. The fourth-order valence-electron chi connectivity index (χ4n) is 2.52. The number of rotatable bonds is 2. The van der Waals surface area contributed by atoms with Gasteiger partial charge in [-0.05, 0) is 49.2 Å². The van der Waals surface area contributed by atoms with E-state index in [1.165, 1.54) is 15.9 Å². The van der Waals surface area contributed by atoms with Crippen molar-refractivity contribution >= 4 is 49.6 Å². The molecule has 5 nitrogen and oxygen atoms in total. The third-order valence-electron chi connectivity index (χ3n) is 3.79. The van der Waals surface area contributed by atoms with Crippen molar-refractivity contribution in [2.45, 2.75) is 13.8 Å². The molecule has 0 unspecified atom stereocenters. The van der Waals surface area contributed by atoms with E-state index in [-0.39, 0.29) is 5.56 Å². The molecule has 0 spiro atoms. The van der Waals surface area contributed by atoms with E-state index in [9.17, 15) is 4.79 Å².